The van der Waals surface area contributed by atoms with Gasteiger partial charge in [-0.1, -0.05) is 13.8 Å². The highest BCUT2D eigenvalue weighted by Gasteiger charge is 2.16. The van der Waals surface area contributed by atoms with Gasteiger partial charge >= 0.3 is 0 Å². The lowest BCUT2D eigenvalue weighted by atomic mass is 10.1. The zero-order chi connectivity index (χ0) is 13.9. The van der Waals surface area contributed by atoms with Crippen LogP contribution in [0.1, 0.15) is 35.3 Å². The zero-order valence-electron chi connectivity index (χ0n) is 11.1. The van der Waals surface area contributed by atoms with Crippen molar-refractivity contribution >= 4 is 12.1 Å². The van der Waals surface area contributed by atoms with Gasteiger partial charge in [0.15, 0.2) is 6.29 Å². The molecule has 96 valence electrons. The van der Waals surface area contributed by atoms with Crippen LogP contribution in [0.3, 0.4) is 0 Å². The van der Waals surface area contributed by atoms with E-state index >= 15 is 0 Å². The average Bonchev–Trinajstić information content (AvgIpc) is 2.32. The van der Waals surface area contributed by atoms with Gasteiger partial charge in [0.25, 0.3) is 5.56 Å². The fraction of sp³-hybridized carbons (Fsp3) is 0.462. The summed E-state index contributed by atoms with van der Waals surface area (Å²) in [4.78, 5) is 23.1. The monoisotopic (exact) mass is 247 g/mol. The SMILES string of the molecule is Cc1c(C=O)c(NCC(C)C)n(C)c(=O)c1C#N. The summed E-state index contributed by atoms with van der Waals surface area (Å²) in [5, 5.41) is 12.0. The maximum Gasteiger partial charge on any atom is 0.270 e. The van der Waals surface area contributed by atoms with E-state index in [1.807, 2.05) is 19.9 Å². The molecule has 0 spiro atoms. The highest BCUT2D eigenvalue weighted by Crippen LogP contribution is 2.18. The molecule has 0 atom stereocenters. The molecule has 0 radical (unpaired) electrons. The highest BCUT2D eigenvalue weighted by molar-refractivity contribution is 5.85. The molecule has 0 saturated heterocycles. The molecular formula is C13H17N3O2. The van der Waals surface area contributed by atoms with Crippen molar-refractivity contribution in [3.63, 3.8) is 0 Å². The van der Waals surface area contributed by atoms with E-state index in [0.717, 1.165) is 0 Å². The van der Waals surface area contributed by atoms with E-state index in [2.05, 4.69) is 5.32 Å². The second-order valence-corrected chi connectivity index (χ2v) is 4.63. The molecule has 18 heavy (non-hydrogen) atoms. The minimum absolute atomic E-state index is 0.0229. The van der Waals surface area contributed by atoms with Crippen LogP contribution in [-0.2, 0) is 7.05 Å². The second kappa shape index (κ2) is 5.50. The van der Waals surface area contributed by atoms with Crippen molar-refractivity contribution in [3.05, 3.63) is 27.0 Å². The summed E-state index contributed by atoms with van der Waals surface area (Å²) < 4.78 is 1.32. The molecule has 5 heteroatoms. The molecule has 0 aromatic carbocycles. The number of rotatable bonds is 4. The van der Waals surface area contributed by atoms with E-state index < -0.39 is 0 Å². The number of nitrogens with one attached hydrogen (secondary N) is 1. The van der Waals surface area contributed by atoms with Crippen molar-refractivity contribution in [3.8, 4) is 6.07 Å². The topological polar surface area (TPSA) is 74.9 Å². The number of carbonyl (C=O) groups excluding carboxylic acids is 1. The van der Waals surface area contributed by atoms with Crippen LogP contribution in [0.2, 0.25) is 0 Å². The van der Waals surface area contributed by atoms with Crippen LogP contribution in [0.5, 0.6) is 0 Å². The van der Waals surface area contributed by atoms with Crippen LogP contribution >= 0.6 is 0 Å². The maximum absolute atomic E-state index is 11.9. The zero-order valence-corrected chi connectivity index (χ0v) is 11.1. The Morgan fingerprint density at radius 3 is 2.56 bits per heavy atom. The van der Waals surface area contributed by atoms with Crippen molar-refractivity contribution in [2.75, 3.05) is 11.9 Å². The van der Waals surface area contributed by atoms with Gasteiger partial charge in [-0.3, -0.25) is 14.2 Å². The van der Waals surface area contributed by atoms with Crippen molar-refractivity contribution in [1.82, 2.24) is 4.57 Å². The first kappa shape index (κ1) is 14.0. The van der Waals surface area contributed by atoms with Crippen molar-refractivity contribution < 1.29 is 4.79 Å². The van der Waals surface area contributed by atoms with Gasteiger partial charge in [-0.2, -0.15) is 5.26 Å². The predicted octanol–water partition coefficient (Wildman–Crippen LogP) is 1.45. The fourth-order valence-corrected chi connectivity index (χ4v) is 1.71. The van der Waals surface area contributed by atoms with E-state index in [0.29, 0.717) is 35.7 Å². The second-order valence-electron chi connectivity index (χ2n) is 4.63. The summed E-state index contributed by atoms with van der Waals surface area (Å²) in [6.45, 7) is 6.33. The molecule has 0 aliphatic rings. The van der Waals surface area contributed by atoms with E-state index in [1.54, 1.807) is 14.0 Å². The van der Waals surface area contributed by atoms with Crippen LogP contribution < -0.4 is 10.9 Å². The Kier molecular flexibility index (Phi) is 4.27. The molecule has 0 saturated carbocycles. The van der Waals surface area contributed by atoms with Gasteiger partial charge in [0, 0.05) is 13.6 Å². The van der Waals surface area contributed by atoms with Crippen molar-refractivity contribution in [2.24, 2.45) is 13.0 Å². The van der Waals surface area contributed by atoms with Crippen LogP contribution in [0.15, 0.2) is 4.79 Å². The third-order valence-corrected chi connectivity index (χ3v) is 2.80. The number of hydrogen-bond donors (Lipinski definition) is 1. The molecule has 0 bridgehead atoms. The van der Waals surface area contributed by atoms with Crippen molar-refractivity contribution in [1.29, 1.82) is 5.26 Å². The number of carbonyl (C=O) groups is 1. The molecule has 5 nitrogen and oxygen atoms in total. The standard InChI is InChI=1S/C13H17N3O2/c1-8(2)6-15-12-11(7-17)9(3)10(5-14)13(18)16(12)4/h7-8,15H,6H2,1-4H3. The number of pyridine rings is 1. The van der Waals surface area contributed by atoms with Gasteiger partial charge in [-0.05, 0) is 18.4 Å². The Balaban J connectivity index is 3.47. The summed E-state index contributed by atoms with van der Waals surface area (Å²) in [5.41, 5.74) is 0.442. The lowest BCUT2D eigenvalue weighted by Gasteiger charge is -2.17. The minimum atomic E-state index is -0.383. The molecule has 1 heterocycles. The largest absolute Gasteiger partial charge is 0.371 e. The summed E-state index contributed by atoms with van der Waals surface area (Å²) in [6.07, 6.45) is 0.679. The van der Waals surface area contributed by atoms with E-state index in [1.165, 1.54) is 4.57 Å². The Hall–Kier alpha value is -2.09. The predicted molar refractivity (Wildman–Crippen MR) is 69.9 cm³/mol. The molecule has 1 aromatic heterocycles. The Labute approximate surface area is 106 Å². The van der Waals surface area contributed by atoms with Crippen LogP contribution in [-0.4, -0.2) is 17.4 Å². The Morgan fingerprint density at radius 2 is 2.11 bits per heavy atom. The van der Waals surface area contributed by atoms with Gasteiger partial charge in [0.05, 0.1) is 5.56 Å². The molecule has 0 aliphatic carbocycles. The maximum atomic E-state index is 11.9. The summed E-state index contributed by atoms with van der Waals surface area (Å²) >= 11 is 0. The van der Waals surface area contributed by atoms with Gasteiger partial charge < -0.3 is 5.32 Å². The van der Waals surface area contributed by atoms with Crippen molar-refractivity contribution in [2.45, 2.75) is 20.8 Å². The van der Waals surface area contributed by atoms with Crippen LogP contribution in [0.25, 0.3) is 0 Å². The third kappa shape index (κ3) is 2.43. The van der Waals surface area contributed by atoms with E-state index in [-0.39, 0.29) is 11.1 Å². The van der Waals surface area contributed by atoms with E-state index in [9.17, 15) is 9.59 Å². The molecular weight excluding hydrogens is 230 g/mol. The highest BCUT2D eigenvalue weighted by atomic mass is 16.1. The third-order valence-electron chi connectivity index (χ3n) is 2.80. The molecule has 0 unspecified atom stereocenters. The first-order valence-electron chi connectivity index (χ1n) is 5.76. The van der Waals surface area contributed by atoms with Gasteiger partial charge in [0.2, 0.25) is 0 Å². The number of anilines is 1. The molecule has 1 rings (SSSR count). The Bertz CT molecular complexity index is 565. The molecule has 1 N–H and O–H groups in total. The molecule has 0 fully saturated rings. The molecule has 0 aliphatic heterocycles. The average molecular weight is 247 g/mol. The quantitative estimate of drug-likeness (QED) is 0.817. The minimum Gasteiger partial charge on any atom is -0.371 e. The molecule has 0 amide bonds. The lowest BCUT2D eigenvalue weighted by Crippen LogP contribution is -2.27. The number of nitrogens with zero attached hydrogens (tertiary/aromatic N) is 2. The fourth-order valence-electron chi connectivity index (χ4n) is 1.71. The number of aldehydes is 1. The summed E-state index contributed by atoms with van der Waals surface area (Å²) in [5.74, 6) is 0.857. The number of aromatic nitrogens is 1. The lowest BCUT2D eigenvalue weighted by molar-refractivity contribution is 0.112. The van der Waals surface area contributed by atoms with Crippen LogP contribution in [0.4, 0.5) is 5.82 Å². The van der Waals surface area contributed by atoms with Gasteiger partial charge in [-0.15, -0.1) is 0 Å². The number of hydrogen-bond acceptors (Lipinski definition) is 4. The molecule has 1 aromatic rings. The number of nitriles is 1. The first-order chi connectivity index (χ1) is 8.43. The normalized spacial score (nSPS) is 10.2. The Morgan fingerprint density at radius 1 is 1.50 bits per heavy atom. The first-order valence-corrected chi connectivity index (χ1v) is 5.76. The van der Waals surface area contributed by atoms with Crippen LogP contribution in [0, 0.1) is 24.2 Å². The van der Waals surface area contributed by atoms with Gasteiger partial charge in [-0.25, -0.2) is 0 Å². The summed E-state index contributed by atoms with van der Waals surface area (Å²) in [6, 6.07) is 1.85. The smallest absolute Gasteiger partial charge is 0.270 e. The summed E-state index contributed by atoms with van der Waals surface area (Å²) in [7, 11) is 1.55. The van der Waals surface area contributed by atoms with E-state index in [4.69, 9.17) is 5.26 Å². The van der Waals surface area contributed by atoms with Gasteiger partial charge in [0.1, 0.15) is 17.5 Å².